The Kier molecular flexibility index (Phi) is 5.21. The Labute approximate surface area is 171 Å². The smallest absolute Gasteiger partial charge is 0.338 e. The van der Waals surface area contributed by atoms with E-state index < -0.39 is 17.8 Å². The lowest BCUT2D eigenvalue weighted by molar-refractivity contribution is -0.139. The Hall–Kier alpha value is -2.25. The van der Waals surface area contributed by atoms with Crippen LogP contribution in [0.2, 0.25) is 5.02 Å². The third-order valence-corrected chi connectivity index (χ3v) is 5.93. The quantitative estimate of drug-likeness (QED) is 0.680. The second-order valence-electron chi connectivity index (χ2n) is 6.86. The standard InChI is InChI=1S/C20H19ClFN3O2S/c1-3-27-20(26)16-15-8-11(2)10-25(15)18(19-23-6-7-28-19)24-17(16)13-5-4-12(22)9-14(13)21/h4-7,9,11,17H,3,8,10H2,1-2H3/t11-,17+/m1/s1. The van der Waals surface area contributed by atoms with Crippen LogP contribution >= 0.6 is 22.9 Å². The van der Waals surface area contributed by atoms with Crippen LogP contribution in [0.1, 0.15) is 36.9 Å². The predicted molar refractivity (Wildman–Crippen MR) is 107 cm³/mol. The molecule has 28 heavy (non-hydrogen) atoms. The van der Waals surface area contributed by atoms with E-state index in [4.69, 9.17) is 21.3 Å². The van der Waals surface area contributed by atoms with Crippen LogP contribution in [0.4, 0.5) is 4.39 Å². The number of aliphatic imine (C=N–C) groups is 1. The van der Waals surface area contributed by atoms with E-state index in [1.54, 1.807) is 19.2 Å². The molecule has 1 saturated heterocycles. The molecule has 1 fully saturated rings. The van der Waals surface area contributed by atoms with Crippen molar-refractivity contribution in [3.05, 3.63) is 62.5 Å². The maximum Gasteiger partial charge on any atom is 0.338 e. The number of allylic oxidation sites excluding steroid dienone is 1. The zero-order valence-corrected chi connectivity index (χ0v) is 17.1. The largest absolute Gasteiger partial charge is 0.463 e. The number of nitrogens with zero attached hydrogens (tertiary/aromatic N) is 3. The van der Waals surface area contributed by atoms with Crippen LogP contribution in [0.15, 0.2) is 46.0 Å². The molecule has 5 nitrogen and oxygen atoms in total. The molecule has 1 aromatic heterocycles. The molecule has 146 valence electrons. The van der Waals surface area contributed by atoms with Crippen molar-refractivity contribution in [2.45, 2.75) is 26.3 Å². The van der Waals surface area contributed by atoms with Crippen LogP contribution in [0.5, 0.6) is 0 Å². The molecular weight excluding hydrogens is 401 g/mol. The van der Waals surface area contributed by atoms with Crippen molar-refractivity contribution in [3.63, 3.8) is 0 Å². The second-order valence-corrected chi connectivity index (χ2v) is 8.16. The number of esters is 1. The van der Waals surface area contributed by atoms with E-state index in [0.717, 1.165) is 23.7 Å². The van der Waals surface area contributed by atoms with E-state index in [-0.39, 0.29) is 11.6 Å². The van der Waals surface area contributed by atoms with Crippen LogP contribution in [-0.2, 0) is 9.53 Å². The monoisotopic (exact) mass is 419 g/mol. The summed E-state index contributed by atoms with van der Waals surface area (Å²) in [6.07, 6.45) is 2.46. The molecule has 0 unspecified atom stereocenters. The molecule has 3 heterocycles. The van der Waals surface area contributed by atoms with Gasteiger partial charge >= 0.3 is 5.97 Å². The number of carbonyl (C=O) groups excluding carboxylic acids is 1. The van der Waals surface area contributed by atoms with Gasteiger partial charge in [-0.1, -0.05) is 24.6 Å². The summed E-state index contributed by atoms with van der Waals surface area (Å²) in [5.41, 5.74) is 1.93. The third-order valence-electron chi connectivity index (χ3n) is 4.83. The van der Waals surface area contributed by atoms with Crippen molar-refractivity contribution in [1.29, 1.82) is 0 Å². The summed E-state index contributed by atoms with van der Waals surface area (Å²) < 4.78 is 19.0. The van der Waals surface area contributed by atoms with E-state index in [1.165, 1.54) is 23.5 Å². The highest BCUT2D eigenvalue weighted by atomic mass is 35.5. The Morgan fingerprint density at radius 2 is 2.29 bits per heavy atom. The Morgan fingerprint density at radius 1 is 1.46 bits per heavy atom. The Morgan fingerprint density at radius 3 is 2.96 bits per heavy atom. The van der Waals surface area contributed by atoms with E-state index in [2.05, 4.69) is 16.8 Å². The minimum absolute atomic E-state index is 0.231. The van der Waals surface area contributed by atoms with Crippen LogP contribution in [0, 0.1) is 11.7 Å². The van der Waals surface area contributed by atoms with Gasteiger partial charge in [0.2, 0.25) is 0 Å². The zero-order chi connectivity index (χ0) is 19.8. The van der Waals surface area contributed by atoms with Crippen LogP contribution in [-0.4, -0.2) is 34.8 Å². The highest BCUT2D eigenvalue weighted by Crippen LogP contribution is 2.43. The topological polar surface area (TPSA) is 54.8 Å². The fraction of sp³-hybridized carbons (Fsp3) is 0.350. The minimum Gasteiger partial charge on any atom is -0.463 e. The first-order chi connectivity index (χ1) is 13.5. The molecule has 2 aliphatic heterocycles. The van der Waals surface area contributed by atoms with Gasteiger partial charge < -0.3 is 9.64 Å². The molecule has 2 aliphatic rings. The molecule has 0 spiro atoms. The lowest BCUT2D eigenvalue weighted by Crippen LogP contribution is -2.35. The van der Waals surface area contributed by atoms with E-state index >= 15 is 0 Å². The lowest BCUT2D eigenvalue weighted by atomic mass is 9.94. The van der Waals surface area contributed by atoms with E-state index in [1.807, 2.05) is 5.38 Å². The predicted octanol–water partition coefficient (Wildman–Crippen LogP) is 4.60. The van der Waals surface area contributed by atoms with Gasteiger partial charge in [0.1, 0.15) is 11.9 Å². The third kappa shape index (κ3) is 3.33. The summed E-state index contributed by atoms with van der Waals surface area (Å²) in [6, 6.07) is 3.49. The second kappa shape index (κ2) is 7.64. The molecule has 0 amide bonds. The van der Waals surface area contributed by atoms with Crippen molar-refractivity contribution in [1.82, 2.24) is 9.88 Å². The van der Waals surface area contributed by atoms with Crippen molar-refractivity contribution >= 4 is 34.7 Å². The number of amidine groups is 1. The number of thiazole rings is 1. The summed E-state index contributed by atoms with van der Waals surface area (Å²) in [6.45, 7) is 4.91. The fourth-order valence-electron chi connectivity index (χ4n) is 3.70. The SMILES string of the molecule is CCOC(=O)C1=C2C[C@@H](C)CN2C(c2nccs2)=N[C@H]1c1ccc(F)cc1Cl. The summed E-state index contributed by atoms with van der Waals surface area (Å²) in [5.74, 6) is 0.221. The Balaban J connectivity index is 1.91. The zero-order valence-electron chi connectivity index (χ0n) is 15.5. The van der Waals surface area contributed by atoms with Gasteiger partial charge in [-0.05, 0) is 31.4 Å². The average molecular weight is 420 g/mol. The van der Waals surface area contributed by atoms with Gasteiger partial charge in [0.25, 0.3) is 0 Å². The first kappa shape index (κ1) is 19.1. The molecular formula is C20H19ClFN3O2S. The van der Waals surface area contributed by atoms with Crippen LogP contribution in [0.3, 0.4) is 0 Å². The molecule has 1 aromatic carbocycles. The summed E-state index contributed by atoms with van der Waals surface area (Å²) in [7, 11) is 0. The molecule has 0 N–H and O–H groups in total. The molecule has 0 saturated carbocycles. The molecule has 0 bridgehead atoms. The van der Waals surface area contributed by atoms with Gasteiger partial charge in [-0.15, -0.1) is 11.3 Å². The molecule has 4 rings (SSSR count). The van der Waals surface area contributed by atoms with Gasteiger partial charge in [0, 0.05) is 34.4 Å². The number of halogens is 2. The number of fused-ring (bicyclic) bond motifs is 1. The summed E-state index contributed by atoms with van der Waals surface area (Å²) in [5, 5.41) is 2.90. The Bertz CT molecular complexity index is 974. The number of carbonyl (C=O) groups is 1. The van der Waals surface area contributed by atoms with Crippen molar-refractivity contribution in [2.75, 3.05) is 13.2 Å². The number of rotatable bonds is 4. The van der Waals surface area contributed by atoms with Gasteiger partial charge in [-0.3, -0.25) is 4.99 Å². The molecule has 2 aromatic rings. The summed E-state index contributed by atoms with van der Waals surface area (Å²) in [4.78, 5) is 24.2. The van der Waals surface area contributed by atoms with Crippen LogP contribution in [0.25, 0.3) is 0 Å². The van der Waals surface area contributed by atoms with Crippen LogP contribution < -0.4 is 0 Å². The highest BCUT2D eigenvalue weighted by molar-refractivity contribution is 7.11. The maximum atomic E-state index is 13.6. The number of hydrogen-bond donors (Lipinski definition) is 0. The van der Waals surface area contributed by atoms with E-state index in [0.29, 0.717) is 22.9 Å². The first-order valence-corrected chi connectivity index (χ1v) is 10.4. The van der Waals surface area contributed by atoms with Crippen molar-refractivity contribution in [2.24, 2.45) is 10.9 Å². The average Bonchev–Trinajstić information content (AvgIpc) is 3.29. The first-order valence-electron chi connectivity index (χ1n) is 9.09. The number of ether oxygens (including phenoxy) is 1. The van der Waals surface area contributed by atoms with E-state index in [9.17, 15) is 9.18 Å². The number of hydrogen-bond acceptors (Lipinski definition) is 6. The van der Waals surface area contributed by atoms with Crippen molar-refractivity contribution < 1.29 is 13.9 Å². The highest BCUT2D eigenvalue weighted by Gasteiger charge is 2.41. The van der Waals surface area contributed by atoms with Crippen molar-refractivity contribution in [3.8, 4) is 0 Å². The molecule has 8 heteroatoms. The number of aromatic nitrogens is 1. The van der Waals surface area contributed by atoms with Gasteiger partial charge in [0.05, 0.1) is 12.2 Å². The molecule has 2 atom stereocenters. The lowest BCUT2D eigenvalue weighted by Gasteiger charge is -2.31. The normalized spacial score (nSPS) is 21.6. The van der Waals surface area contributed by atoms with Gasteiger partial charge in [-0.25, -0.2) is 14.2 Å². The number of benzene rings is 1. The maximum absolute atomic E-state index is 13.6. The van der Waals surface area contributed by atoms with Gasteiger partial charge in [0.15, 0.2) is 10.8 Å². The van der Waals surface area contributed by atoms with Gasteiger partial charge in [-0.2, -0.15) is 0 Å². The molecule has 0 aliphatic carbocycles. The molecule has 0 radical (unpaired) electrons. The summed E-state index contributed by atoms with van der Waals surface area (Å²) >= 11 is 7.83. The minimum atomic E-state index is -0.664. The fourth-order valence-corrected chi connectivity index (χ4v) is 4.61.